The lowest BCUT2D eigenvalue weighted by Crippen LogP contribution is -2.32. The molecule has 0 aliphatic carbocycles. The van der Waals surface area contributed by atoms with Gasteiger partial charge in [0, 0.05) is 11.9 Å². The molecule has 0 spiro atoms. The Bertz CT molecular complexity index is 211. The number of hydrogen-bond donors (Lipinski definition) is 1. The van der Waals surface area contributed by atoms with Crippen molar-refractivity contribution in [3.8, 4) is 0 Å². The van der Waals surface area contributed by atoms with Crippen LogP contribution in [0.25, 0.3) is 0 Å². The summed E-state index contributed by atoms with van der Waals surface area (Å²) in [7, 11) is 0. The van der Waals surface area contributed by atoms with Crippen LogP contribution in [0, 0.1) is 5.92 Å². The minimum Gasteiger partial charge on any atom is -0.378 e. The molecule has 1 N–H and O–H groups in total. The standard InChI is InChI=1S/C11H20ClNO2/c1-3-10(12)4-5-13-11(14)9-6-8(2)15-7-9/h8-10H,3-7H2,1-2H3,(H,13,14). The second kappa shape index (κ2) is 6.33. The summed E-state index contributed by atoms with van der Waals surface area (Å²) in [5.41, 5.74) is 0. The van der Waals surface area contributed by atoms with Crippen LogP contribution in [0.15, 0.2) is 0 Å². The van der Waals surface area contributed by atoms with Gasteiger partial charge in [-0.05, 0) is 26.2 Å². The molecule has 3 atom stereocenters. The van der Waals surface area contributed by atoms with Crippen molar-refractivity contribution in [1.82, 2.24) is 5.32 Å². The highest BCUT2D eigenvalue weighted by atomic mass is 35.5. The average molecular weight is 234 g/mol. The minimum atomic E-state index is 0.0374. The topological polar surface area (TPSA) is 38.3 Å². The quantitative estimate of drug-likeness (QED) is 0.737. The van der Waals surface area contributed by atoms with Gasteiger partial charge in [0.05, 0.1) is 18.6 Å². The molecule has 1 saturated heterocycles. The van der Waals surface area contributed by atoms with Crippen molar-refractivity contribution in [3.63, 3.8) is 0 Å². The zero-order valence-electron chi connectivity index (χ0n) is 9.46. The predicted molar refractivity (Wildman–Crippen MR) is 61.1 cm³/mol. The van der Waals surface area contributed by atoms with Crippen molar-refractivity contribution in [2.24, 2.45) is 5.92 Å². The Hall–Kier alpha value is -0.280. The molecule has 0 saturated carbocycles. The summed E-state index contributed by atoms with van der Waals surface area (Å²) in [6.07, 6.45) is 2.84. The van der Waals surface area contributed by atoms with Gasteiger partial charge in [-0.2, -0.15) is 0 Å². The monoisotopic (exact) mass is 233 g/mol. The van der Waals surface area contributed by atoms with E-state index in [9.17, 15) is 4.79 Å². The van der Waals surface area contributed by atoms with Gasteiger partial charge >= 0.3 is 0 Å². The largest absolute Gasteiger partial charge is 0.378 e. The molecule has 1 aliphatic rings. The molecule has 0 radical (unpaired) electrons. The lowest BCUT2D eigenvalue weighted by molar-refractivity contribution is -0.124. The highest BCUT2D eigenvalue weighted by molar-refractivity contribution is 6.20. The Morgan fingerprint density at radius 3 is 2.93 bits per heavy atom. The van der Waals surface area contributed by atoms with Gasteiger partial charge in [-0.25, -0.2) is 0 Å². The molecule has 0 aromatic rings. The summed E-state index contributed by atoms with van der Waals surface area (Å²) in [4.78, 5) is 11.6. The Labute approximate surface area is 96.5 Å². The molecule has 88 valence electrons. The molecule has 0 aromatic heterocycles. The molecule has 1 fully saturated rings. The van der Waals surface area contributed by atoms with Crippen LogP contribution >= 0.6 is 11.6 Å². The fraction of sp³-hybridized carbons (Fsp3) is 0.909. The number of ether oxygens (including phenoxy) is 1. The van der Waals surface area contributed by atoms with Crippen LogP contribution in [0.4, 0.5) is 0 Å². The van der Waals surface area contributed by atoms with Crippen LogP contribution in [0.5, 0.6) is 0 Å². The van der Waals surface area contributed by atoms with E-state index in [1.807, 2.05) is 13.8 Å². The first kappa shape index (κ1) is 12.8. The maximum absolute atomic E-state index is 11.6. The number of rotatable bonds is 5. The van der Waals surface area contributed by atoms with Gasteiger partial charge in [-0.15, -0.1) is 11.6 Å². The Balaban J connectivity index is 2.13. The molecule has 3 unspecified atom stereocenters. The van der Waals surface area contributed by atoms with Crippen molar-refractivity contribution >= 4 is 17.5 Å². The van der Waals surface area contributed by atoms with Gasteiger partial charge in [0.1, 0.15) is 0 Å². The van der Waals surface area contributed by atoms with Crippen molar-refractivity contribution in [1.29, 1.82) is 0 Å². The van der Waals surface area contributed by atoms with E-state index in [2.05, 4.69) is 5.32 Å². The zero-order valence-corrected chi connectivity index (χ0v) is 10.2. The van der Waals surface area contributed by atoms with E-state index >= 15 is 0 Å². The van der Waals surface area contributed by atoms with Gasteiger partial charge in [0.2, 0.25) is 5.91 Å². The molecule has 1 rings (SSSR count). The number of alkyl halides is 1. The molecule has 4 heteroatoms. The van der Waals surface area contributed by atoms with Crippen LogP contribution < -0.4 is 5.32 Å². The van der Waals surface area contributed by atoms with Crippen LogP contribution in [-0.4, -0.2) is 30.5 Å². The highest BCUT2D eigenvalue weighted by Crippen LogP contribution is 2.18. The molecular formula is C11H20ClNO2. The first-order valence-corrected chi connectivity index (χ1v) is 6.10. The second-order valence-corrected chi connectivity index (χ2v) is 4.78. The van der Waals surface area contributed by atoms with E-state index in [0.29, 0.717) is 13.2 Å². The third kappa shape index (κ3) is 4.39. The summed E-state index contributed by atoms with van der Waals surface area (Å²) >= 11 is 5.96. The zero-order chi connectivity index (χ0) is 11.3. The second-order valence-electron chi connectivity index (χ2n) is 4.16. The molecule has 0 aromatic carbocycles. The molecule has 15 heavy (non-hydrogen) atoms. The highest BCUT2D eigenvalue weighted by Gasteiger charge is 2.27. The van der Waals surface area contributed by atoms with Crippen LogP contribution in [0.3, 0.4) is 0 Å². The number of carbonyl (C=O) groups excluding carboxylic acids is 1. The van der Waals surface area contributed by atoms with E-state index in [1.54, 1.807) is 0 Å². The van der Waals surface area contributed by atoms with Crippen LogP contribution in [0.1, 0.15) is 33.1 Å². The lowest BCUT2D eigenvalue weighted by atomic mass is 10.1. The van der Waals surface area contributed by atoms with Crippen molar-refractivity contribution < 1.29 is 9.53 Å². The normalized spacial score (nSPS) is 27.7. The molecule has 1 aliphatic heterocycles. The molecule has 0 bridgehead atoms. The van der Waals surface area contributed by atoms with E-state index in [1.165, 1.54) is 0 Å². The van der Waals surface area contributed by atoms with Crippen LogP contribution in [-0.2, 0) is 9.53 Å². The maximum atomic E-state index is 11.6. The van der Waals surface area contributed by atoms with Crippen molar-refractivity contribution in [2.75, 3.05) is 13.2 Å². The Kier molecular flexibility index (Phi) is 5.40. The minimum absolute atomic E-state index is 0.0374. The Morgan fingerprint density at radius 2 is 2.40 bits per heavy atom. The number of hydrogen-bond acceptors (Lipinski definition) is 2. The molecular weight excluding hydrogens is 214 g/mol. The number of nitrogens with one attached hydrogen (secondary N) is 1. The SMILES string of the molecule is CCC(Cl)CCNC(=O)C1COC(C)C1. The van der Waals surface area contributed by atoms with Gasteiger partial charge in [-0.1, -0.05) is 6.92 Å². The first-order chi connectivity index (χ1) is 7.13. The third-order valence-electron chi connectivity index (χ3n) is 2.77. The molecule has 1 heterocycles. The van der Waals surface area contributed by atoms with E-state index < -0.39 is 0 Å². The number of halogens is 1. The van der Waals surface area contributed by atoms with E-state index in [0.717, 1.165) is 19.3 Å². The van der Waals surface area contributed by atoms with E-state index in [-0.39, 0.29) is 23.3 Å². The predicted octanol–water partition coefficient (Wildman–Crippen LogP) is 1.94. The summed E-state index contributed by atoms with van der Waals surface area (Å²) in [6, 6.07) is 0. The summed E-state index contributed by atoms with van der Waals surface area (Å²) in [5, 5.41) is 3.08. The van der Waals surface area contributed by atoms with Crippen molar-refractivity contribution in [3.05, 3.63) is 0 Å². The third-order valence-corrected chi connectivity index (χ3v) is 3.30. The lowest BCUT2D eigenvalue weighted by Gasteiger charge is -2.10. The van der Waals surface area contributed by atoms with Crippen LogP contribution in [0.2, 0.25) is 0 Å². The van der Waals surface area contributed by atoms with Gasteiger partial charge in [0.15, 0.2) is 0 Å². The average Bonchev–Trinajstić information content (AvgIpc) is 2.64. The van der Waals surface area contributed by atoms with Gasteiger partial charge < -0.3 is 10.1 Å². The van der Waals surface area contributed by atoms with Gasteiger partial charge in [0.25, 0.3) is 0 Å². The summed E-state index contributed by atoms with van der Waals surface area (Å²) < 4.78 is 5.35. The first-order valence-electron chi connectivity index (χ1n) is 5.66. The molecule has 1 amide bonds. The fourth-order valence-electron chi connectivity index (χ4n) is 1.70. The summed E-state index contributed by atoms with van der Waals surface area (Å²) in [5.74, 6) is 0.148. The van der Waals surface area contributed by atoms with Gasteiger partial charge in [-0.3, -0.25) is 4.79 Å². The summed E-state index contributed by atoms with van der Waals surface area (Å²) in [6.45, 7) is 5.28. The number of carbonyl (C=O) groups is 1. The molecule has 3 nitrogen and oxygen atoms in total. The Morgan fingerprint density at radius 1 is 1.67 bits per heavy atom. The smallest absolute Gasteiger partial charge is 0.225 e. The maximum Gasteiger partial charge on any atom is 0.225 e. The van der Waals surface area contributed by atoms with E-state index in [4.69, 9.17) is 16.3 Å². The van der Waals surface area contributed by atoms with Crippen molar-refractivity contribution in [2.45, 2.75) is 44.6 Å². The number of amides is 1. The fourth-order valence-corrected chi connectivity index (χ4v) is 1.81.